The lowest BCUT2D eigenvalue weighted by Crippen LogP contribution is -2.61. The van der Waals surface area contributed by atoms with Crippen LogP contribution < -0.4 is 31.1 Å². The molecule has 0 aliphatic carbocycles. The SMILES string of the molecule is c1ccc(N2c3ccccc3B3c4ccccc4N(c4ccccc4)c4cc(N(c5ccc6ccccc6c5)c5ccc6ccccc6c5)cc2c43)cc1. The van der Waals surface area contributed by atoms with Crippen LogP contribution in [-0.2, 0) is 0 Å². The van der Waals surface area contributed by atoms with Crippen LogP contribution >= 0.6 is 0 Å². The molecule has 3 nitrogen and oxygen atoms in total. The molecule has 11 rings (SSSR count). The molecule has 0 fully saturated rings. The van der Waals surface area contributed by atoms with Gasteiger partial charge >= 0.3 is 0 Å². The minimum Gasteiger partial charge on any atom is -0.311 e. The fourth-order valence-electron chi connectivity index (χ4n) is 8.80. The van der Waals surface area contributed by atoms with Crippen molar-refractivity contribution in [3.05, 3.63) is 206 Å². The molecule has 252 valence electrons. The highest BCUT2D eigenvalue weighted by Gasteiger charge is 2.43. The number of anilines is 9. The summed E-state index contributed by atoms with van der Waals surface area (Å²) >= 11 is 0. The van der Waals surface area contributed by atoms with E-state index in [-0.39, 0.29) is 6.71 Å². The quantitative estimate of drug-likeness (QED) is 0.167. The molecule has 2 aliphatic rings. The van der Waals surface area contributed by atoms with E-state index < -0.39 is 0 Å². The minimum atomic E-state index is 0.0613. The number of hydrogen-bond acceptors (Lipinski definition) is 3. The summed E-state index contributed by atoms with van der Waals surface area (Å²) in [4.78, 5) is 7.40. The highest BCUT2D eigenvalue weighted by molar-refractivity contribution is 7.00. The van der Waals surface area contributed by atoms with Crippen LogP contribution in [0, 0.1) is 0 Å². The van der Waals surface area contributed by atoms with Gasteiger partial charge in [-0.05, 0) is 111 Å². The first-order valence-electron chi connectivity index (χ1n) is 18.6. The Hall–Kier alpha value is -7.04. The van der Waals surface area contributed by atoms with Crippen LogP contribution in [0.4, 0.5) is 51.2 Å². The molecule has 54 heavy (non-hydrogen) atoms. The van der Waals surface area contributed by atoms with Crippen molar-refractivity contribution < 1.29 is 0 Å². The number of para-hydroxylation sites is 4. The molecule has 0 unspecified atom stereocenters. The molecule has 0 aromatic heterocycles. The molecular formula is C50H34BN3. The predicted octanol–water partition coefficient (Wildman–Crippen LogP) is 11.5. The van der Waals surface area contributed by atoms with Gasteiger partial charge in [-0.15, -0.1) is 0 Å². The lowest BCUT2D eigenvalue weighted by Gasteiger charge is -2.45. The van der Waals surface area contributed by atoms with E-state index in [1.54, 1.807) is 0 Å². The summed E-state index contributed by atoms with van der Waals surface area (Å²) in [7, 11) is 0. The predicted molar refractivity (Wildman–Crippen MR) is 230 cm³/mol. The van der Waals surface area contributed by atoms with Gasteiger partial charge in [-0.3, -0.25) is 0 Å². The first-order chi connectivity index (χ1) is 26.8. The zero-order valence-electron chi connectivity index (χ0n) is 29.5. The van der Waals surface area contributed by atoms with Gasteiger partial charge < -0.3 is 14.7 Å². The largest absolute Gasteiger partial charge is 0.311 e. The maximum absolute atomic E-state index is 2.48. The minimum absolute atomic E-state index is 0.0613. The Morgan fingerprint density at radius 1 is 0.315 bits per heavy atom. The Kier molecular flexibility index (Phi) is 6.96. The van der Waals surface area contributed by atoms with Crippen LogP contribution in [0.3, 0.4) is 0 Å². The first-order valence-corrected chi connectivity index (χ1v) is 18.6. The van der Waals surface area contributed by atoms with Crippen molar-refractivity contribution in [3.8, 4) is 0 Å². The summed E-state index contributed by atoms with van der Waals surface area (Å²) in [6.07, 6.45) is 0. The van der Waals surface area contributed by atoms with Gasteiger partial charge in [-0.25, -0.2) is 0 Å². The Balaban J connectivity index is 1.26. The van der Waals surface area contributed by atoms with Gasteiger partial charge in [0.1, 0.15) is 0 Å². The molecular weight excluding hydrogens is 653 g/mol. The Morgan fingerprint density at radius 3 is 1.20 bits per heavy atom. The third-order valence-electron chi connectivity index (χ3n) is 11.1. The van der Waals surface area contributed by atoms with Gasteiger partial charge in [-0.2, -0.15) is 0 Å². The summed E-state index contributed by atoms with van der Waals surface area (Å²) in [6, 6.07) is 75.4. The molecule has 0 amide bonds. The van der Waals surface area contributed by atoms with Crippen LogP contribution in [0.1, 0.15) is 0 Å². The molecule has 0 spiro atoms. The first kappa shape index (κ1) is 30.6. The fraction of sp³-hybridized carbons (Fsp3) is 0. The van der Waals surface area contributed by atoms with Gasteiger partial charge in [0.05, 0.1) is 5.69 Å². The van der Waals surface area contributed by atoms with Gasteiger partial charge in [0.2, 0.25) is 0 Å². The van der Waals surface area contributed by atoms with Crippen molar-refractivity contribution in [2.75, 3.05) is 14.7 Å². The average Bonchev–Trinajstić information content (AvgIpc) is 3.24. The van der Waals surface area contributed by atoms with Crippen molar-refractivity contribution in [2.45, 2.75) is 0 Å². The fourth-order valence-corrected chi connectivity index (χ4v) is 8.80. The summed E-state index contributed by atoms with van der Waals surface area (Å²) in [5.41, 5.74) is 14.3. The van der Waals surface area contributed by atoms with Crippen molar-refractivity contribution in [1.82, 2.24) is 0 Å². The smallest absolute Gasteiger partial charge is 0.252 e. The maximum atomic E-state index is 2.48. The lowest BCUT2D eigenvalue weighted by molar-refractivity contribution is 1.23. The van der Waals surface area contributed by atoms with Crippen molar-refractivity contribution in [1.29, 1.82) is 0 Å². The van der Waals surface area contributed by atoms with Crippen molar-refractivity contribution in [3.63, 3.8) is 0 Å². The van der Waals surface area contributed by atoms with E-state index >= 15 is 0 Å². The maximum Gasteiger partial charge on any atom is 0.252 e. The van der Waals surface area contributed by atoms with Crippen LogP contribution in [0.5, 0.6) is 0 Å². The van der Waals surface area contributed by atoms with Crippen LogP contribution in [-0.4, -0.2) is 6.71 Å². The van der Waals surface area contributed by atoms with E-state index in [9.17, 15) is 0 Å². The van der Waals surface area contributed by atoms with E-state index in [0.717, 1.165) is 28.4 Å². The Morgan fingerprint density at radius 2 is 0.722 bits per heavy atom. The topological polar surface area (TPSA) is 9.72 Å². The highest BCUT2D eigenvalue weighted by Crippen LogP contribution is 2.48. The summed E-state index contributed by atoms with van der Waals surface area (Å²) in [6.45, 7) is 0.0613. The van der Waals surface area contributed by atoms with E-state index in [0.29, 0.717) is 0 Å². The molecule has 0 atom stereocenters. The van der Waals surface area contributed by atoms with E-state index in [1.807, 2.05) is 0 Å². The van der Waals surface area contributed by atoms with Crippen LogP contribution in [0.25, 0.3) is 21.5 Å². The molecule has 0 saturated heterocycles. The third kappa shape index (κ3) is 4.77. The molecule has 0 N–H and O–H groups in total. The van der Waals surface area contributed by atoms with E-state index in [1.165, 1.54) is 60.7 Å². The molecule has 0 bridgehead atoms. The second-order valence-electron chi connectivity index (χ2n) is 14.2. The second-order valence-corrected chi connectivity index (χ2v) is 14.2. The number of nitrogens with zero attached hydrogens (tertiary/aromatic N) is 3. The lowest BCUT2D eigenvalue weighted by atomic mass is 9.33. The Labute approximate surface area is 315 Å². The summed E-state index contributed by atoms with van der Waals surface area (Å²) < 4.78 is 0. The summed E-state index contributed by atoms with van der Waals surface area (Å²) in [5.74, 6) is 0. The zero-order valence-corrected chi connectivity index (χ0v) is 29.5. The second kappa shape index (κ2) is 12.3. The molecule has 9 aromatic carbocycles. The van der Waals surface area contributed by atoms with Gasteiger partial charge in [-0.1, -0.05) is 133 Å². The van der Waals surface area contributed by atoms with Crippen molar-refractivity contribution >= 4 is 95.8 Å². The number of fused-ring (bicyclic) bond motifs is 6. The zero-order chi connectivity index (χ0) is 35.6. The number of benzene rings is 9. The number of rotatable bonds is 5. The number of hydrogen-bond donors (Lipinski definition) is 0. The van der Waals surface area contributed by atoms with E-state index in [4.69, 9.17) is 0 Å². The van der Waals surface area contributed by atoms with Gasteiger partial charge in [0.15, 0.2) is 0 Å². The average molecular weight is 688 g/mol. The molecule has 4 heteroatoms. The van der Waals surface area contributed by atoms with Crippen molar-refractivity contribution in [2.24, 2.45) is 0 Å². The van der Waals surface area contributed by atoms with Crippen LogP contribution in [0.15, 0.2) is 206 Å². The highest BCUT2D eigenvalue weighted by atomic mass is 15.2. The van der Waals surface area contributed by atoms with Gasteiger partial charge in [0.25, 0.3) is 6.71 Å². The molecule has 0 saturated carbocycles. The normalized spacial score (nSPS) is 12.7. The molecule has 0 radical (unpaired) electrons. The molecule has 9 aromatic rings. The van der Waals surface area contributed by atoms with Crippen LogP contribution in [0.2, 0.25) is 0 Å². The van der Waals surface area contributed by atoms with E-state index in [2.05, 4.69) is 221 Å². The summed E-state index contributed by atoms with van der Waals surface area (Å²) in [5, 5.41) is 4.86. The molecule has 2 heterocycles. The Bertz CT molecular complexity index is 2680. The molecule has 2 aliphatic heterocycles. The monoisotopic (exact) mass is 687 g/mol. The van der Waals surface area contributed by atoms with Gasteiger partial charge in [0, 0.05) is 45.5 Å². The third-order valence-corrected chi connectivity index (χ3v) is 11.1. The standard InChI is InChI=1S/C50H34BN3/c1-3-19-39(20-4-1)53-46-25-13-11-23-44(46)51-45-24-12-14-26-47(45)54(40-21-5-2-6-22-40)49-34-43(33-48(53)50(49)51)52(41-29-27-35-15-7-9-17-37(35)31-41)42-30-28-36-16-8-10-18-38(36)32-42/h1-34H.